The van der Waals surface area contributed by atoms with E-state index in [2.05, 4.69) is 41.3 Å². The number of hydrogen-bond donors (Lipinski definition) is 0. The smallest absolute Gasteiger partial charge is 0.146 e. The van der Waals surface area contributed by atoms with Crippen LogP contribution in [0.5, 0.6) is 5.75 Å². The van der Waals surface area contributed by atoms with Gasteiger partial charge in [-0.2, -0.15) is 0 Å². The van der Waals surface area contributed by atoms with Crippen molar-refractivity contribution in [2.75, 3.05) is 46.8 Å². The summed E-state index contributed by atoms with van der Waals surface area (Å²) < 4.78 is 22.5. The summed E-state index contributed by atoms with van der Waals surface area (Å²) in [6, 6.07) is 13.4. The molecule has 1 saturated heterocycles. The Hall–Kier alpha value is -1.66. The van der Waals surface area contributed by atoms with Gasteiger partial charge in [-0.25, -0.2) is 0 Å². The quantitative estimate of drug-likeness (QED) is 0.324. The Labute approximate surface area is 199 Å². The minimum absolute atomic E-state index is 0.335. The second kappa shape index (κ2) is 12.7. The molecule has 0 radical (unpaired) electrons. The van der Waals surface area contributed by atoms with Crippen LogP contribution in [0.4, 0.5) is 0 Å². The van der Waals surface area contributed by atoms with Crippen molar-refractivity contribution in [1.82, 2.24) is 4.90 Å². The summed E-state index contributed by atoms with van der Waals surface area (Å²) in [4.78, 5) is 2.57. The monoisotopic (exact) mass is 455 g/mol. The van der Waals surface area contributed by atoms with Gasteiger partial charge in [-0.05, 0) is 105 Å². The molecule has 0 bridgehead atoms. The summed E-state index contributed by atoms with van der Waals surface area (Å²) >= 11 is 0. The van der Waals surface area contributed by atoms with Gasteiger partial charge >= 0.3 is 0 Å². The zero-order valence-electron chi connectivity index (χ0n) is 20.5. The second-order valence-electron chi connectivity index (χ2n) is 9.76. The van der Waals surface area contributed by atoms with Crippen LogP contribution < -0.4 is 4.74 Å². The predicted molar refractivity (Wildman–Crippen MR) is 133 cm³/mol. The molecule has 1 saturated carbocycles. The molecule has 2 aromatic carbocycles. The Kier molecular flexibility index (Phi) is 9.42. The van der Waals surface area contributed by atoms with E-state index in [4.69, 9.17) is 18.9 Å². The molecule has 33 heavy (non-hydrogen) atoms. The van der Waals surface area contributed by atoms with Gasteiger partial charge in [0.05, 0.1) is 12.7 Å². The number of hydrogen-bond acceptors (Lipinski definition) is 5. The van der Waals surface area contributed by atoms with Gasteiger partial charge in [0.15, 0.2) is 0 Å². The fourth-order valence-corrected chi connectivity index (χ4v) is 5.22. The first-order valence-electron chi connectivity index (χ1n) is 12.8. The number of ether oxygens (including phenoxy) is 4. The fraction of sp³-hybridized carbons (Fsp3) is 0.643. The number of likely N-dealkylation sites (tertiary alicyclic amines) is 1. The molecule has 0 amide bonds. The van der Waals surface area contributed by atoms with Crippen molar-refractivity contribution in [2.45, 2.75) is 58.1 Å². The van der Waals surface area contributed by atoms with Crippen molar-refractivity contribution in [1.29, 1.82) is 0 Å². The molecule has 0 spiro atoms. The Balaban J connectivity index is 1.24. The normalized spacial score (nSPS) is 22.6. The number of benzene rings is 2. The van der Waals surface area contributed by atoms with Crippen LogP contribution in [0, 0.1) is 11.8 Å². The lowest BCUT2D eigenvalue weighted by Crippen LogP contribution is -2.34. The highest BCUT2D eigenvalue weighted by Crippen LogP contribution is 2.30. The van der Waals surface area contributed by atoms with Crippen LogP contribution in [-0.2, 0) is 20.8 Å². The Bertz CT molecular complexity index is 841. The summed E-state index contributed by atoms with van der Waals surface area (Å²) in [6.45, 7) is 8.14. The predicted octanol–water partition coefficient (Wildman–Crippen LogP) is 5.65. The highest BCUT2D eigenvalue weighted by molar-refractivity contribution is 5.84. The van der Waals surface area contributed by atoms with Gasteiger partial charge < -0.3 is 18.9 Å². The van der Waals surface area contributed by atoms with Gasteiger partial charge in [0.25, 0.3) is 0 Å². The molecule has 2 aromatic rings. The van der Waals surface area contributed by atoms with Gasteiger partial charge in [-0.1, -0.05) is 18.2 Å². The second-order valence-corrected chi connectivity index (χ2v) is 9.76. The summed E-state index contributed by atoms with van der Waals surface area (Å²) in [5.41, 5.74) is 1.39. The molecule has 5 nitrogen and oxygen atoms in total. The van der Waals surface area contributed by atoms with E-state index in [1.165, 1.54) is 42.0 Å². The molecular weight excluding hydrogens is 414 g/mol. The van der Waals surface area contributed by atoms with E-state index in [-0.39, 0.29) is 0 Å². The van der Waals surface area contributed by atoms with Crippen molar-refractivity contribution in [3.63, 3.8) is 0 Å². The molecule has 182 valence electrons. The molecule has 0 unspecified atom stereocenters. The lowest BCUT2D eigenvalue weighted by molar-refractivity contribution is -0.0659. The maximum absolute atomic E-state index is 6.33. The van der Waals surface area contributed by atoms with Crippen molar-refractivity contribution in [3.8, 4) is 5.75 Å². The summed E-state index contributed by atoms with van der Waals surface area (Å²) in [5, 5.41) is 2.55. The van der Waals surface area contributed by atoms with Crippen molar-refractivity contribution < 1.29 is 18.9 Å². The van der Waals surface area contributed by atoms with E-state index in [1.807, 2.05) is 6.92 Å². The molecule has 0 atom stereocenters. The number of piperidine rings is 1. The Morgan fingerprint density at radius 3 is 2.30 bits per heavy atom. The van der Waals surface area contributed by atoms with Crippen molar-refractivity contribution >= 4 is 10.8 Å². The summed E-state index contributed by atoms with van der Waals surface area (Å²) in [5.74, 6) is 2.36. The fourth-order valence-electron chi connectivity index (χ4n) is 5.22. The van der Waals surface area contributed by atoms with Crippen LogP contribution in [0.3, 0.4) is 0 Å². The molecule has 0 N–H and O–H groups in total. The van der Waals surface area contributed by atoms with E-state index in [0.717, 1.165) is 58.0 Å². The molecule has 1 heterocycles. The molecule has 1 aliphatic carbocycles. The third-order valence-corrected chi connectivity index (χ3v) is 7.21. The third kappa shape index (κ3) is 7.41. The van der Waals surface area contributed by atoms with Gasteiger partial charge in [-0.3, -0.25) is 4.90 Å². The van der Waals surface area contributed by atoms with Gasteiger partial charge in [0.2, 0.25) is 0 Å². The maximum atomic E-state index is 6.33. The van der Waals surface area contributed by atoms with Crippen LogP contribution in [0.2, 0.25) is 0 Å². The maximum Gasteiger partial charge on any atom is 0.146 e. The van der Waals surface area contributed by atoms with Crippen LogP contribution in [0.15, 0.2) is 36.4 Å². The van der Waals surface area contributed by atoms with Gasteiger partial charge in [-0.15, -0.1) is 0 Å². The summed E-state index contributed by atoms with van der Waals surface area (Å²) in [7, 11) is 1.80. The van der Waals surface area contributed by atoms with Crippen molar-refractivity contribution in [3.05, 3.63) is 42.0 Å². The molecule has 4 rings (SSSR count). The largest absolute Gasteiger partial charge is 0.490 e. The number of fused-ring (bicyclic) bond motifs is 1. The molecule has 0 aromatic heterocycles. The first-order chi connectivity index (χ1) is 16.2. The van der Waals surface area contributed by atoms with Crippen LogP contribution >= 0.6 is 0 Å². The lowest BCUT2D eigenvalue weighted by Gasteiger charge is -2.31. The van der Waals surface area contributed by atoms with Gasteiger partial charge in [0.1, 0.15) is 12.5 Å². The zero-order valence-corrected chi connectivity index (χ0v) is 20.5. The average molecular weight is 456 g/mol. The Morgan fingerprint density at radius 1 is 0.818 bits per heavy atom. The standard InChI is InChI=1S/C28H41NO4/c1-3-31-21-32-20-23-12-14-29(15-13-23)18-24-4-7-26-17-28(11-8-25(26)16-24)33-27-9-5-22(6-10-27)19-30-2/h4,7-8,11,16-17,22-23,27H,3,5-6,9-10,12-15,18-21H2,1-2H3/t22-,27+. The zero-order chi connectivity index (χ0) is 22.9. The summed E-state index contributed by atoms with van der Waals surface area (Å²) in [6.07, 6.45) is 7.39. The Morgan fingerprint density at radius 2 is 1.55 bits per heavy atom. The van der Waals surface area contributed by atoms with Crippen LogP contribution in [0.25, 0.3) is 10.8 Å². The van der Waals surface area contributed by atoms with Gasteiger partial charge in [0, 0.05) is 26.9 Å². The first-order valence-corrected chi connectivity index (χ1v) is 12.8. The number of rotatable bonds is 11. The van der Waals surface area contributed by atoms with Crippen LogP contribution in [0.1, 0.15) is 51.0 Å². The van der Waals surface area contributed by atoms with Crippen molar-refractivity contribution in [2.24, 2.45) is 11.8 Å². The molecule has 2 aliphatic rings. The highest BCUT2D eigenvalue weighted by atomic mass is 16.7. The SMILES string of the molecule is CCOCOCC1CCN(Cc2ccc3cc(O[C@H]4CC[C@@H](COC)CC4)ccc3c2)CC1. The minimum atomic E-state index is 0.335. The number of methoxy groups -OCH3 is 1. The molecule has 2 fully saturated rings. The topological polar surface area (TPSA) is 40.2 Å². The lowest BCUT2D eigenvalue weighted by atomic mass is 9.88. The van der Waals surface area contributed by atoms with E-state index in [1.54, 1.807) is 7.11 Å². The van der Waals surface area contributed by atoms with Crippen LogP contribution in [-0.4, -0.2) is 57.8 Å². The molecule has 1 aliphatic heterocycles. The molecular formula is C28H41NO4. The number of nitrogens with zero attached hydrogens (tertiary/aromatic N) is 1. The third-order valence-electron chi connectivity index (χ3n) is 7.21. The first kappa shape index (κ1) is 24.5. The van der Waals surface area contributed by atoms with E-state index < -0.39 is 0 Å². The van der Waals surface area contributed by atoms with E-state index >= 15 is 0 Å². The minimum Gasteiger partial charge on any atom is -0.490 e. The average Bonchev–Trinajstić information content (AvgIpc) is 2.84. The highest BCUT2D eigenvalue weighted by Gasteiger charge is 2.22. The molecule has 5 heteroatoms. The van der Waals surface area contributed by atoms with E-state index in [0.29, 0.717) is 24.7 Å². The van der Waals surface area contributed by atoms with E-state index in [9.17, 15) is 0 Å².